The van der Waals surface area contributed by atoms with E-state index < -0.39 is 5.54 Å². The van der Waals surface area contributed by atoms with Crippen LogP contribution >= 0.6 is 0 Å². The van der Waals surface area contributed by atoms with Crippen molar-refractivity contribution < 1.29 is 10.2 Å². The lowest BCUT2D eigenvalue weighted by Crippen LogP contribution is -2.52. The summed E-state index contributed by atoms with van der Waals surface area (Å²) in [5.74, 6) is 0. The van der Waals surface area contributed by atoms with E-state index in [1.165, 1.54) is 0 Å². The lowest BCUT2D eigenvalue weighted by molar-refractivity contribution is 0.0988. The number of hydrogen-bond donors (Lipinski definition) is 3. The molecule has 0 saturated heterocycles. The van der Waals surface area contributed by atoms with Crippen molar-refractivity contribution >= 4 is 0 Å². The van der Waals surface area contributed by atoms with Gasteiger partial charge in [-0.15, -0.1) is 0 Å². The van der Waals surface area contributed by atoms with Crippen LogP contribution < -0.4 is 5.32 Å². The number of aliphatic hydroxyl groups excluding tert-OH is 2. The summed E-state index contributed by atoms with van der Waals surface area (Å²) in [7, 11) is 0. The zero-order valence-corrected chi connectivity index (χ0v) is 7.54. The zero-order chi connectivity index (χ0) is 9.61. The van der Waals surface area contributed by atoms with E-state index in [9.17, 15) is 0 Å². The lowest BCUT2D eigenvalue weighted by Gasteiger charge is -2.28. The van der Waals surface area contributed by atoms with Gasteiger partial charge in [0.1, 0.15) is 0 Å². The third kappa shape index (κ3) is 3.18. The monoisotopic (exact) mass is 172 g/mol. The summed E-state index contributed by atoms with van der Waals surface area (Å²) in [5.41, 5.74) is -0.754. The Morgan fingerprint density at radius 3 is 2.25 bits per heavy atom. The fraction of sp³-hybridized carbons (Fsp3) is 0.875. The van der Waals surface area contributed by atoms with Gasteiger partial charge in [-0.1, -0.05) is 6.92 Å². The Morgan fingerprint density at radius 2 is 2.00 bits per heavy atom. The van der Waals surface area contributed by atoms with Gasteiger partial charge in [0.15, 0.2) is 0 Å². The van der Waals surface area contributed by atoms with Crippen molar-refractivity contribution in [2.45, 2.75) is 31.8 Å². The van der Waals surface area contributed by atoms with E-state index in [1.54, 1.807) is 6.92 Å². The van der Waals surface area contributed by atoms with E-state index >= 15 is 0 Å². The number of rotatable bonds is 5. The summed E-state index contributed by atoms with van der Waals surface area (Å²) >= 11 is 0. The molecule has 3 N–H and O–H groups in total. The predicted molar refractivity (Wildman–Crippen MR) is 45.4 cm³/mol. The summed E-state index contributed by atoms with van der Waals surface area (Å²) in [4.78, 5) is 0. The van der Waals surface area contributed by atoms with Gasteiger partial charge in [0.05, 0.1) is 30.9 Å². The lowest BCUT2D eigenvalue weighted by atomic mass is 10.0. The maximum absolute atomic E-state index is 8.89. The molecule has 0 aromatic heterocycles. The molecule has 0 aliphatic carbocycles. The van der Waals surface area contributed by atoms with Gasteiger partial charge in [-0.25, -0.2) is 0 Å². The normalized spacial score (nSPS) is 13.9. The van der Waals surface area contributed by atoms with Crippen molar-refractivity contribution in [3.05, 3.63) is 0 Å². The minimum Gasteiger partial charge on any atom is -0.394 e. The molecule has 0 amide bonds. The highest BCUT2D eigenvalue weighted by Gasteiger charge is 2.24. The molecule has 0 bridgehead atoms. The average molecular weight is 172 g/mol. The Balaban J connectivity index is 4.10. The molecule has 4 heteroatoms. The molecule has 0 aromatic rings. The summed E-state index contributed by atoms with van der Waals surface area (Å²) in [6.45, 7) is 3.19. The predicted octanol–water partition coefficient (Wildman–Crippen LogP) is -0.379. The van der Waals surface area contributed by atoms with Crippen molar-refractivity contribution in [2.75, 3.05) is 13.2 Å². The number of hydrogen-bond acceptors (Lipinski definition) is 4. The van der Waals surface area contributed by atoms with Gasteiger partial charge in [0.2, 0.25) is 0 Å². The Hall–Kier alpha value is -0.630. The van der Waals surface area contributed by atoms with Gasteiger partial charge in [0.25, 0.3) is 0 Å². The molecule has 0 fully saturated rings. The van der Waals surface area contributed by atoms with Crippen LogP contribution in [0.5, 0.6) is 0 Å². The Morgan fingerprint density at radius 1 is 1.50 bits per heavy atom. The van der Waals surface area contributed by atoms with Crippen molar-refractivity contribution in [1.82, 2.24) is 5.32 Å². The zero-order valence-electron chi connectivity index (χ0n) is 7.54. The number of nitrogens with one attached hydrogen (secondary N) is 1. The quantitative estimate of drug-likeness (QED) is 0.528. The molecule has 70 valence electrons. The van der Waals surface area contributed by atoms with Crippen LogP contribution in [-0.4, -0.2) is 35.0 Å². The van der Waals surface area contributed by atoms with Crippen molar-refractivity contribution in [1.29, 1.82) is 5.26 Å². The van der Waals surface area contributed by atoms with Gasteiger partial charge in [-0.3, -0.25) is 5.32 Å². The minimum absolute atomic E-state index is 0.179. The van der Waals surface area contributed by atoms with Crippen LogP contribution in [-0.2, 0) is 0 Å². The maximum atomic E-state index is 8.89. The molecule has 0 saturated carbocycles. The highest BCUT2D eigenvalue weighted by molar-refractivity contribution is 4.95. The van der Waals surface area contributed by atoms with Gasteiger partial charge < -0.3 is 10.2 Å². The fourth-order valence-electron chi connectivity index (χ4n) is 0.788. The van der Waals surface area contributed by atoms with Gasteiger partial charge in [-0.2, -0.15) is 5.26 Å². The molecule has 1 atom stereocenters. The van der Waals surface area contributed by atoms with Crippen molar-refractivity contribution in [3.8, 4) is 6.07 Å². The highest BCUT2D eigenvalue weighted by atomic mass is 16.3. The summed E-state index contributed by atoms with van der Waals surface area (Å²) in [5, 5.41) is 29.3. The minimum atomic E-state index is -0.754. The third-order valence-electron chi connectivity index (χ3n) is 1.78. The van der Waals surface area contributed by atoms with E-state index in [0.29, 0.717) is 6.42 Å². The molecule has 0 aliphatic heterocycles. The van der Waals surface area contributed by atoms with E-state index in [0.717, 1.165) is 0 Å². The third-order valence-corrected chi connectivity index (χ3v) is 1.78. The molecular weight excluding hydrogens is 156 g/mol. The van der Waals surface area contributed by atoms with E-state index in [2.05, 4.69) is 5.32 Å². The fourth-order valence-corrected chi connectivity index (χ4v) is 0.788. The largest absolute Gasteiger partial charge is 0.394 e. The second kappa shape index (κ2) is 5.09. The Labute approximate surface area is 72.8 Å². The first-order valence-corrected chi connectivity index (χ1v) is 4.01. The summed E-state index contributed by atoms with van der Waals surface area (Å²) in [6, 6.07) is 1.73. The number of aliphatic hydroxyl groups is 2. The van der Waals surface area contributed by atoms with Crippen molar-refractivity contribution in [3.63, 3.8) is 0 Å². The number of nitriles is 1. The van der Waals surface area contributed by atoms with Crippen LogP contribution in [0, 0.1) is 11.3 Å². The molecule has 0 rings (SSSR count). The molecular formula is C8H16N2O2. The van der Waals surface area contributed by atoms with Crippen LogP contribution in [0.15, 0.2) is 0 Å². The summed E-state index contributed by atoms with van der Waals surface area (Å²) < 4.78 is 0. The first-order valence-electron chi connectivity index (χ1n) is 4.01. The molecule has 0 heterocycles. The smallest absolute Gasteiger partial charge is 0.0955 e. The molecule has 0 aromatic carbocycles. The van der Waals surface area contributed by atoms with Crippen molar-refractivity contribution in [2.24, 2.45) is 0 Å². The second-order valence-corrected chi connectivity index (χ2v) is 3.11. The summed E-state index contributed by atoms with van der Waals surface area (Å²) in [6.07, 6.45) is 0.659. The average Bonchev–Trinajstić information content (AvgIpc) is 2.14. The SMILES string of the molecule is CCC(C#N)NC(C)(CO)CO. The molecule has 4 nitrogen and oxygen atoms in total. The van der Waals surface area contributed by atoms with E-state index in [4.69, 9.17) is 15.5 Å². The molecule has 0 spiro atoms. The maximum Gasteiger partial charge on any atom is 0.0955 e. The van der Waals surface area contributed by atoms with Crippen LogP contribution in [0.1, 0.15) is 20.3 Å². The molecule has 12 heavy (non-hydrogen) atoms. The second-order valence-electron chi connectivity index (χ2n) is 3.11. The van der Waals surface area contributed by atoms with Crippen LogP contribution in [0.3, 0.4) is 0 Å². The van der Waals surface area contributed by atoms with Crippen LogP contribution in [0.4, 0.5) is 0 Å². The Kier molecular flexibility index (Phi) is 4.83. The van der Waals surface area contributed by atoms with Gasteiger partial charge in [-0.05, 0) is 13.3 Å². The topological polar surface area (TPSA) is 76.3 Å². The van der Waals surface area contributed by atoms with E-state index in [-0.39, 0.29) is 19.3 Å². The van der Waals surface area contributed by atoms with Crippen LogP contribution in [0.25, 0.3) is 0 Å². The van der Waals surface area contributed by atoms with Gasteiger partial charge >= 0.3 is 0 Å². The molecule has 0 aliphatic rings. The first-order chi connectivity index (χ1) is 5.61. The molecule has 0 radical (unpaired) electrons. The number of nitrogens with zero attached hydrogens (tertiary/aromatic N) is 1. The first kappa shape index (κ1) is 11.4. The Bertz CT molecular complexity index is 161. The standard InChI is InChI=1S/C8H16N2O2/c1-3-7(4-9)10-8(2,5-11)6-12/h7,10-12H,3,5-6H2,1-2H3. The van der Waals surface area contributed by atoms with E-state index in [1.807, 2.05) is 13.0 Å². The van der Waals surface area contributed by atoms with Crippen LogP contribution in [0.2, 0.25) is 0 Å². The molecule has 1 unspecified atom stereocenters. The van der Waals surface area contributed by atoms with Gasteiger partial charge in [0, 0.05) is 0 Å². The highest BCUT2D eigenvalue weighted by Crippen LogP contribution is 2.03.